The lowest BCUT2D eigenvalue weighted by atomic mass is 10.2. The normalized spacial score (nSPS) is 28.2. The van der Waals surface area contributed by atoms with Crippen LogP contribution in [0.25, 0.3) is 0 Å². The Labute approximate surface area is 76.2 Å². The molecular weight excluding hydrogens is 172 g/mol. The van der Waals surface area contributed by atoms with E-state index in [0.29, 0.717) is 26.3 Å². The molecule has 0 aromatic heterocycles. The van der Waals surface area contributed by atoms with Crippen LogP contribution in [-0.4, -0.2) is 54.1 Å². The molecule has 1 unspecified atom stereocenters. The minimum absolute atomic E-state index is 0.118. The van der Waals surface area contributed by atoms with Crippen molar-refractivity contribution in [2.75, 3.05) is 26.3 Å². The second-order valence-corrected chi connectivity index (χ2v) is 3.15. The van der Waals surface area contributed by atoms with Gasteiger partial charge in [-0.3, -0.25) is 9.69 Å². The third kappa shape index (κ3) is 1.11. The Hall–Kier alpha value is -1.10. The lowest BCUT2D eigenvalue weighted by molar-refractivity contribution is -0.131. The largest absolute Gasteiger partial charge is 0.377 e. The van der Waals surface area contributed by atoms with Crippen LogP contribution >= 0.6 is 0 Å². The average molecular weight is 184 g/mol. The molecule has 0 spiro atoms. The van der Waals surface area contributed by atoms with Crippen LogP contribution in [-0.2, 0) is 9.53 Å². The van der Waals surface area contributed by atoms with E-state index in [1.165, 1.54) is 4.90 Å². The number of ether oxygens (including phenoxy) is 1. The second-order valence-electron chi connectivity index (χ2n) is 3.15. The molecule has 5 heteroatoms. The minimum Gasteiger partial charge on any atom is -0.377 e. The standard InChI is InChI=1S/C8H12N2O3/c1-2-9-7(11)6-5-13-4-3-10(6)8(9)12/h6H,2-5H2,1H3. The van der Waals surface area contributed by atoms with Gasteiger partial charge in [-0.1, -0.05) is 0 Å². The van der Waals surface area contributed by atoms with E-state index < -0.39 is 0 Å². The van der Waals surface area contributed by atoms with Gasteiger partial charge in [0, 0.05) is 13.1 Å². The summed E-state index contributed by atoms with van der Waals surface area (Å²) in [5.41, 5.74) is 0. The maximum atomic E-state index is 11.6. The molecule has 13 heavy (non-hydrogen) atoms. The number of imide groups is 1. The smallest absolute Gasteiger partial charge is 0.327 e. The maximum absolute atomic E-state index is 11.6. The Kier molecular flexibility index (Phi) is 1.95. The van der Waals surface area contributed by atoms with Crippen molar-refractivity contribution in [3.63, 3.8) is 0 Å². The van der Waals surface area contributed by atoms with Gasteiger partial charge in [-0.05, 0) is 6.92 Å². The molecule has 0 radical (unpaired) electrons. The zero-order chi connectivity index (χ0) is 9.42. The number of hydrogen-bond acceptors (Lipinski definition) is 3. The van der Waals surface area contributed by atoms with Crippen molar-refractivity contribution in [1.29, 1.82) is 0 Å². The van der Waals surface area contributed by atoms with E-state index in [4.69, 9.17) is 4.74 Å². The van der Waals surface area contributed by atoms with Crippen LogP contribution in [0.4, 0.5) is 4.79 Å². The van der Waals surface area contributed by atoms with Crippen molar-refractivity contribution in [3.8, 4) is 0 Å². The molecule has 1 atom stereocenters. The number of nitrogens with zero attached hydrogens (tertiary/aromatic N) is 2. The molecule has 0 aliphatic carbocycles. The van der Waals surface area contributed by atoms with Crippen LogP contribution in [0.2, 0.25) is 0 Å². The minimum atomic E-state index is -0.360. The summed E-state index contributed by atoms with van der Waals surface area (Å²) < 4.78 is 5.15. The van der Waals surface area contributed by atoms with Crippen LogP contribution < -0.4 is 0 Å². The van der Waals surface area contributed by atoms with Gasteiger partial charge in [0.1, 0.15) is 6.04 Å². The topological polar surface area (TPSA) is 49.9 Å². The van der Waals surface area contributed by atoms with Gasteiger partial charge in [0.05, 0.1) is 13.2 Å². The summed E-state index contributed by atoms with van der Waals surface area (Å²) in [4.78, 5) is 26.0. The molecule has 0 N–H and O–H groups in total. The number of amides is 3. The fraction of sp³-hybridized carbons (Fsp3) is 0.750. The predicted molar refractivity (Wildman–Crippen MR) is 44.1 cm³/mol. The predicted octanol–water partition coefficient (Wildman–Crippen LogP) is -0.331. The molecule has 0 bridgehead atoms. The second kappa shape index (κ2) is 2.99. The zero-order valence-electron chi connectivity index (χ0n) is 7.52. The molecule has 0 aromatic rings. The first-order chi connectivity index (χ1) is 6.25. The van der Waals surface area contributed by atoms with Crippen molar-refractivity contribution >= 4 is 11.9 Å². The molecule has 2 fully saturated rings. The zero-order valence-corrected chi connectivity index (χ0v) is 7.52. The van der Waals surface area contributed by atoms with Gasteiger partial charge in [-0.25, -0.2) is 4.79 Å². The highest BCUT2D eigenvalue weighted by Gasteiger charge is 2.45. The fourth-order valence-corrected chi connectivity index (χ4v) is 1.76. The first kappa shape index (κ1) is 8.50. The number of fused-ring (bicyclic) bond motifs is 1. The Morgan fingerprint density at radius 2 is 2.31 bits per heavy atom. The third-order valence-corrected chi connectivity index (χ3v) is 2.47. The van der Waals surface area contributed by atoms with Crippen molar-refractivity contribution in [1.82, 2.24) is 9.80 Å². The molecule has 2 saturated heterocycles. The Morgan fingerprint density at radius 3 is 2.92 bits per heavy atom. The van der Waals surface area contributed by atoms with Crippen molar-refractivity contribution < 1.29 is 14.3 Å². The number of hydrogen-bond donors (Lipinski definition) is 0. The fourth-order valence-electron chi connectivity index (χ4n) is 1.76. The Balaban J connectivity index is 2.22. The van der Waals surface area contributed by atoms with E-state index in [2.05, 4.69) is 0 Å². The molecule has 2 heterocycles. The molecule has 3 amide bonds. The van der Waals surface area contributed by atoms with Gasteiger partial charge in [0.2, 0.25) is 0 Å². The molecular formula is C8H12N2O3. The van der Waals surface area contributed by atoms with Gasteiger partial charge < -0.3 is 9.64 Å². The first-order valence-electron chi connectivity index (χ1n) is 4.45. The number of urea groups is 1. The van der Waals surface area contributed by atoms with E-state index in [0.717, 1.165) is 0 Å². The Morgan fingerprint density at radius 1 is 1.54 bits per heavy atom. The highest BCUT2D eigenvalue weighted by molar-refractivity contribution is 6.04. The van der Waals surface area contributed by atoms with Crippen LogP contribution in [0, 0.1) is 0 Å². The van der Waals surface area contributed by atoms with Crippen LogP contribution in [0.5, 0.6) is 0 Å². The average Bonchev–Trinajstić information content (AvgIpc) is 2.41. The van der Waals surface area contributed by atoms with Crippen molar-refractivity contribution in [3.05, 3.63) is 0 Å². The van der Waals surface area contributed by atoms with Crippen molar-refractivity contribution in [2.24, 2.45) is 0 Å². The molecule has 2 aliphatic heterocycles. The molecule has 2 rings (SSSR count). The van der Waals surface area contributed by atoms with Crippen LogP contribution in [0.1, 0.15) is 6.92 Å². The summed E-state index contributed by atoms with van der Waals surface area (Å²) in [6.07, 6.45) is 0. The van der Waals surface area contributed by atoms with Crippen LogP contribution in [0.15, 0.2) is 0 Å². The highest BCUT2D eigenvalue weighted by atomic mass is 16.5. The number of likely N-dealkylation sites (N-methyl/N-ethyl adjacent to an activating group) is 1. The third-order valence-electron chi connectivity index (χ3n) is 2.47. The number of rotatable bonds is 1. The van der Waals surface area contributed by atoms with E-state index in [-0.39, 0.29) is 18.0 Å². The van der Waals surface area contributed by atoms with Crippen LogP contribution in [0.3, 0.4) is 0 Å². The number of carbonyl (C=O) groups excluding carboxylic acids is 2. The van der Waals surface area contributed by atoms with Gasteiger partial charge in [0.15, 0.2) is 0 Å². The van der Waals surface area contributed by atoms with E-state index in [1.807, 2.05) is 0 Å². The maximum Gasteiger partial charge on any atom is 0.327 e. The van der Waals surface area contributed by atoms with Gasteiger partial charge >= 0.3 is 6.03 Å². The highest BCUT2D eigenvalue weighted by Crippen LogP contribution is 2.19. The van der Waals surface area contributed by atoms with Gasteiger partial charge in [-0.2, -0.15) is 0 Å². The molecule has 2 aliphatic rings. The summed E-state index contributed by atoms with van der Waals surface area (Å²) >= 11 is 0. The quantitative estimate of drug-likeness (QED) is 0.524. The number of carbonyl (C=O) groups is 2. The SMILES string of the molecule is CCN1C(=O)C2COCCN2C1=O. The lowest BCUT2D eigenvalue weighted by Gasteiger charge is -2.26. The number of morpholine rings is 1. The molecule has 72 valence electrons. The first-order valence-corrected chi connectivity index (χ1v) is 4.45. The van der Waals surface area contributed by atoms with E-state index in [9.17, 15) is 9.59 Å². The van der Waals surface area contributed by atoms with Gasteiger partial charge in [0.25, 0.3) is 5.91 Å². The van der Waals surface area contributed by atoms with Gasteiger partial charge in [-0.15, -0.1) is 0 Å². The molecule has 5 nitrogen and oxygen atoms in total. The summed E-state index contributed by atoms with van der Waals surface area (Å²) in [7, 11) is 0. The molecule has 0 saturated carbocycles. The Bertz CT molecular complexity index is 230. The van der Waals surface area contributed by atoms with E-state index in [1.54, 1.807) is 11.8 Å². The summed E-state index contributed by atoms with van der Waals surface area (Å²) in [5, 5.41) is 0. The van der Waals surface area contributed by atoms with Crippen molar-refractivity contribution in [2.45, 2.75) is 13.0 Å². The summed E-state index contributed by atoms with van der Waals surface area (Å²) in [5.74, 6) is -0.118. The van der Waals surface area contributed by atoms with E-state index >= 15 is 0 Å². The lowest BCUT2D eigenvalue weighted by Crippen LogP contribution is -2.45. The summed E-state index contributed by atoms with van der Waals surface area (Å²) in [6, 6.07) is -0.526. The molecule has 0 aromatic carbocycles. The summed E-state index contributed by atoms with van der Waals surface area (Å²) in [6.45, 7) is 3.67. The monoisotopic (exact) mass is 184 g/mol.